The van der Waals surface area contributed by atoms with E-state index in [9.17, 15) is 4.39 Å². The lowest BCUT2D eigenvalue weighted by Crippen LogP contribution is -2.01. The standard InChI is InChI=1S/C14H14ClFN2O/c1-2-19-13-5-3-4-12(14(13)17)18-9-6-7-11(16)10(15)8-9/h3-8,18H,2,17H2,1H3. The second-order valence-electron chi connectivity index (χ2n) is 3.90. The number of hydrogen-bond acceptors (Lipinski definition) is 3. The molecule has 2 aromatic carbocycles. The van der Waals surface area contributed by atoms with E-state index >= 15 is 0 Å². The van der Waals surface area contributed by atoms with Crippen molar-refractivity contribution in [3.8, 4) is 5.75 Å². The molecular weight excluding hydrogens is 267 g/mol. The summed E-state index contributed by atoms with van der Waals surface area (Å²) in [5, 5.41) is 3.14. The number of para-hydroxylation sites is 1. The summed E-state index contributed by atoms with van der Waals surface area (Å²) in [4.78, 5) is 0. The van der Waals surface area contributed by atoms with Gasteiger partial charge in [-0.25, -0.2) is 4.39 Å². The molecule has 0 atom stereocenters. The van der Waals surface area contributed by atoms with Crippen LogP contribution in [0.2, 0.25) is 5.02 Å². The normalized spacial score (nSPS) is 10.3. The fourth-order valence-corrected chi connectivity index (χ4v) is 1.84. The zero-order chi connectivity index (χ0) is 13.8. The maximum atomic E-state index is 13.1. The quantitative estimate of drug-likeness (QED) is 0.825. The van der Waals surface area contributed by atoms with E-state index in [4.69, 9.17) is 22.1 Å². The summed E-state index contributed by atoms with van der Waals surface area (Å²) in [6, 6.07) is 9.83. The third-order valence-electron chi connectivity index (χ3n) is 2.56. The molecule has 3 N–H and O–H groups in total. The first-order valence-electron chi connectivity index (χ1n) is 5.85. The fraction of sp³-hybridized carbons (Fsp3) is 0.143. The molecule has 0 saturated carbocycles. The van der Waals surface area contributed by atoms with Crippen molar-refractivity contribution < 1.29 is 9.13 Å². The van der Waals surface area contributed by atoms with Gasteiger partial charge < -0.3 is 15.8 Å². The van der Waals surface area contributed by atoms with Crippen LogP contribution in [0.4, 0.5) is 21.5 Å². The average Bonchev–Trinajstić information content (AvgIpc) is 2.39. The Kier molecular flexibility index (Phi) is 4.12. The highest BCUT2D eigenvalue weighted by molar-refractivity contribution is 6.31. The average molecular weight is 281 g/mol. The number of hydrogen-bond donors (Lipinski definition) is 2. The Morgan fingerprint density at radius 1 is 1.32 bits per heavy atom. The Labute approximate surface area is 116 Å². The molecule has 0 radical (unpaired) electrons. The van der Waals surface area contributed by atoms with Crippen LogP contribution in [-0.2, 0) is 0 Å². The van der Waals surface area contributed by atoms with Gasteiger partial charge in [-0.05, 0) is 37.3 Å². The van der Waals surface area contributed by atoms with Gasteiger partial charge in [0, 0.05) is 5.69 Å². The molecule has 0 bridgehead atoms. The first-order chi connectivity index (χ1) is 9.11. The van der Waals surface area contributed by atoms with Crippen molar-refractivity contribution in [1.82, 2.24) is 0 Å². The summed E-state index contributed by atoms with van der Waals surface area (Å²) in [5.74, 6) is 0.156. The van der Waals surface area contributed by atoms with Gasteiger partial charge in [-0.2, -0.15) is 0 Å². The number of nitrogens with one attached hydrogen (secondary N) is 1. The summed E-state index contributed by atoms with van der Waals surface area (Å²) >= 11 is 5.73. The van der Waals surface area contributed by atoms with Gasteiger partial charge in [-0.3, -0.25) is 0 Å². The monoisotopic (exact) mass is 280 g/mol. The second kappa shape index (κ2) is 5.80. The number of anilines is 3. The zero-order valence-corrected chi connectivity index (χ0v) is 11.2. The smallest absolute Gasteiger partial charge is 0.144 e. The maximum Gasteiger partial charge on any atom is 0.144 e. The van der Waals surface area contributed by atoms with Crippen LogP contribution in [0.3, 0.4) is 0 Å². The first kappa shape index (κ1) is 13.5. The van der Waals surface area contributed by atoms with Crippen LogP contribution in [-0.4, -0.2) is 6.61 Å². The number of rotatable bonds is 4. The minimum atomic E-state index is -0.455. The summed E-state index contributed by atoms with van der Waals surface area (Å²) in [6.45, 7) is 2.43. The fourth-order valence-electron chi connectivity index (χ4n) is 1.66. The highest BCUT2D eigenvalue weighted by atomic mass is 35.5. The molecule has 19 heavy (non-hydrogen) atoms. The number of nitrogen functional groups attached to an aromatic ring is 1. The molecule has 0 unspecified atom stereocenters. The first-order valence-corrected chi connectivity index (χ1v) is 6.23. The van der Waals surface area contributed by atoms with Gasteiger partial charge in [0.2, 0.25) is 0 Å². The van der Waals surface area contributed by atoms with Crippen molar-refractivity contribution in [1.29, 1.82) is 0 Å². The van der Waals surface area contributed by atoms with Crippen LogP contribution in [0.15, 0.2) is 36.4 Å². The van der Waals surface area contributed by atoms with Gasteiger partial charge in [0.1, 0.15) is 11.6 Å². The molecule has 0 saturated heterocycles. The van der Waals surface area contributed by atoms with E-state index < -0.39 is 5.82 Å². The van der Waals surface area contributed by atoms with Crippen LogP contribution in [0.1, 0.15) is 6.92 Å². The van der Waals surface area contributed by atoms with E-state index in [2.05, 4.69) is 5.32 Å². The van der Waals surface area contributed by atoms with Gasteiger partial charge in [-0.1, -0.05) is 17.7 Å². The highest BCUT2D eigenvalue weighted by Gasteiger charge is 2.07. The molecule has 0 amide bonds. The van der Waals surface area contributed by atoms with Gasteiger partial charge in [0.25, 0.3) is 0 Å². The lowest BCUT2D eigenvalue weighted by molar-refractivity contribution is 0.342. The third-order valence-corrected chi connectivity index (χ3v) is 2.85. The molecule has 3 nitrogen and oxygen atoms in total. The van der Waals surface area contributed by atoms with Crippen molar-refractivity contribution in [2.75, 3.05) is 17.7 Å². The van der Waals surface area contributed by atoms with Crippen LogP contribution < -0.4 is 15.8 Å². The molecule has 0 fully saturated rings. The molecule has 0 aliphatic rings. The van der Waals surface area contributed by atoms with Crippen molar-refractivity contribution >= 4 is 28.7 Å². The van der Waals surface area contributed by atoms with Crippen molar-refractivity contribution in [2.24, 2.45) is 0 Å². The molecular formula is C14H14ClFN2O. The van der Waals surface area contributed by atoms with Crippen LogP contribution in [0.5, 0.6) is 5.75 Å². The van der Waals surface area contributed by atoms with E-state index in [1.807, 2.05) is 19.1 Å². The molecule has 0 spiro atoms. The Bertz CT molecular complexity index is 590. The number of nitrogens with two attached hydrogens (primary N) is 1. The van der Waals surface area contributed by atoms with Crippen LogP contribution in [0.25, 0.3) is 0 Å². The third kappa shape index (κ3) is 3.09. The molecule has 2 aromatic rings. The number of halogens is 2. The van der Waals surface area contributed by atoms with Crippen molar-refractivity contribution in [3.63, 3.8) is 0 Å². The van der Waals surface area contributed by atoms with E-state index in [-0.39, 0.29) is 5.02 Å². The predicted molar refractivity (Wildman–Crippen MR) is 76.7 cm³/mol. The molecule has 2 rings (SSSR count). The maximum absolute atomic E-state index is 13.1. The van der Waals surface area contributed by atoms with Gasteiger partial charge in [0.05, 0.1) is 23.0 Å². The topological polar surface area (TPSA) is 47.3 Å². The predicted octanol–water partition coefficient (Wildman–Crippen LogP) is 4.20. The minimum Gasteiger partial charge on any atom is -0.492 e. The molecule has 0 heterocycles. The zero-order valence-electron chi connectivity index (χ0n) is 10.4. The van der Waals surface area contributed by atoms with E-state index in [1.165, 1.54) is 12.1 Å². The number of ether oxygens (including phenoxy) is 1. The minimum absolute atomic E-state index is 0.0598. The van der Waals surface area contributed by atoms with Crippen LogP contribution in [0, 0.1) is 5.82 Å². The Balaban J connectivity index is 2.27. The van der Waals surface area contributed by atoms with Gasteiger partial charge in [-0.15, -0.1) is 0 Å². The Morgan fingerprint density at radius 2 is 2.11 bits per heavy atom. The summed E-state index contributed by atoms with van der Waals surface area (Å²) in [5.41, 5.74) is 7.84. The Hall–Kier alpha value is -1.94. The van der Waals surface area contributed by atoms with Crippen molar-refractivity contribution in [3.05, 3.63) is 47.2 Å². The molecule has 0 aliphatic heterocycles. The second-order valence-corrected chi connectivity index (χ2v) is 4.31. The van der Waals surface area contributed by atoms with Gasteiger partial charge in [0.15, 0.2) is 0 Å². The summed E-state index contributed by atoms with van der Waals surface area (Å²) < 4.78 is 18.5. The lowest BCUT2D eigenvalue weighted by atomic mass is 10.2. The van der Waals surface area contributed by atoms with Gasteiger partial charge >= 0.3 is 0 Å². The summed E-state index contributed by atoms with van der Waals surface area (Å²) in [6.07, 6.45) is 0. The SMILES string of the molecule is CCOc1cccc(Nc2ccc(F)c(Cl)c2)c1N. The lowest BCUT2D eigenvalue weighted by Gasteiger charge is -2.13. The largest absolute Gasteiger partial charge is 0.492 e. The molecule has 5 heteroatoms. The van der Waals surface area contributed by atoms with Crippen molar-refractivity contribution in [2.45, 2.75) is 6.92 Å². The van der Waals surface area contributed by atoms with E-state index in [0.717, 1.165) is 0 Å². The summed E-state index contributed by atoms with van der Waals surface area (Å²) in [7, 11) is 0. The number of benzene rings is 2. The Morgan fingerprint density at radius 3 is 2.79 bits per heavy atom. The van der Waals surface area contributed by atoms with Crippen LogP contribution >= 0.6 is 11.6 Å². The van der Waals surface area contributed by atoms with E-state index in [1.54, 1.807) is 12.1 Å². The molecule has 0 aromatic heterocycles. The van der Waals surface area contributed by atoms with E-state index in [0.29, 0.717) is 29.4 Å². The molecule has 0 aliphatic carbocycles. The molecule has 100 valence electrons. The highest BCUT2D eigenvalue weighted by Crippen LogP contribution is 2.32.